The molecule has 8 rings (SSSR count). The van der Waals surface area contributed by atoms with Crippen LogP contribution in [0.15, 0.2) is 36.4 Å². The van der Waals surface area contributed by atoms with Crippen LogP contribution in [0.1, 0.15) is 84.7 Å². The average Bonchev–Trinajstić information content (AvgIpc) is 3.19. The van der Waals surface area contributed by atoms with Crippen LogP contribution < -0.4 is 10.6 Å². The Morgan fingerprint density at radius 1 is 0.696 bits per heavy atom. The minimum Gasteiger partial charge on any atom is -0.504 e. The molecule has 0 saturated carbocycles. The first kappa shape index (κ1) is 39.5. The van der Waals surface area contributed by atoms with Crippen LogP contribution in [-0.4, -0.2) is 106 Å². The number of phenols is 4. The number of phenolic OH excluding ortho intramolecular Hbond substituents is 4. The van der Waals surface area contributed by atoms with E-state index < -0.39 is 0 Å². The van der Waals surface area contributed by atoms with Gasteiger partial charge < -0.3 is 40.9 Å². The maximum atomic E-state index is 12.9. The maximum Gasteiger partial charge on any atom is 0.220 e. The van der Waals surface area contributed by atoms with Gasteiger partial charge >= 0.3 is 0 Å². The first-order chi connectivity index (χ1) is 27.0. The van der Waals surface area contributed by atoms with E-state index in [0.29, 0.717) is 62.7 Å². The summed E-state index contributed by atoms with van der Waals surface area (Å²) in [6.45, 7) is 3.04. The van der Waals surface area contributed by atoms with Gasteiger partial charge in [0.1, 0.15) is 0 Å². The van der Waals surface area contributed by atoms with Gasteiger partial charge in [-0.15, -0.1) is 0 Å². The number of likely N-dealkylation sites (tertiary alicyclic amines) is 2. The van der Waals surface area contributed by atoms with E-state index in [4.69, 9.17) is 0 Å². The molecule has 2 saturated heterocycles. The zero-order valence-electron chi connectivity index (χ0n) is 32.8. The summed E-state index contributed by atoms with van der Waals surface area (Å²) in [5.41, 5.74) is 5.71. The SMILES string of the molecule is CN1CCC23CCC=CC2C1Cc1c(CCC(=O)NCCSSCCNC(=O)CCc2cc(O)c(O)c4c2CC2C5C=CCC[C@]45CCN2C)cc(O)c(O)c13. The molecular weight excluding hydrogens is 745 g/mol. The van der Waals surface area contributed by atoms with Gasteiger partial charge in [0.25, 0.3) is 0 Å². The van der Waals surface area contributed by atoms with Gasteiger partial charge in [-0.3, -0.25) is 9.59 Å². The molecule has 0 spiro atoms. The fourth-order valence-electron chi connectivity index (χ4n) is 11.6. The Kier molecular flexibility index (Phi) is 11.4. The van der Waals surface area contributed by atoms with Gasteiger partial charge in [0.05, 0.1) is 0 Å². The molecule has 6 atom stereocenters. The van der Waals surface area contributed by atoms with Crippen molar-refractivity contribution in [3.8, 4) is 23.0 Å². The number of hydrogen-bond donors (Lipinski definition) is 6. The molecular formula is C44H58N4O6S2. The number of nitrogens with one attached hydrogen (secondary N) is 2. The second kappa shape index (κ2) is 16.1. The lowest BCUT2D eigenvalue weighted by atomic mass is 9.53. The first-order valence-electron chi connectivity index (χ1n) is 20.7. The van der Waals surface area contributed by atoms with Gasteiger partial charge in [-0.1, -0.05) is 45.9 Å². The highest BCUT2D eigenvalue weighted by Gasteiger charge is 2.55. The van der Waals surface area contributed by atoms with E-state index in [1.165, 1.54) is 0 Å². The van der Waals surface area contributed by atoms with E-state index in [1.54, 1.807) is 33.7 Å². The predicted octanol–water partition coefficient (Wildman–Crippen LogP) is 5.62. The Balaban J connectivity index is 0.765. The zero-order valence-corrected chi connectivity index (χ0v) is 34.5. The molecule has 2 aromatic rings. The first-order valence-corrected chi connectivity index (χ1v) is 23.2. The minimum atomic E-state index is -0.163. The van der Waals surface area contributed by atoms with E-state index >= 15 is 0 Å². The Bertz CT molecular complexity index is 1780. The molecule has 6 aliphatic rings. The van der Waals surface area contributed by atoms with Crippen molar-refractivity contribution in [1.82, 2.24) is 20.4 Å². The highest BCUT2D eigenvalue weighted by atomic mass is 33.1. The Labute approximate surface area is 339 Å². The van der Waals surface area contributed by atoms with Gasteiger partial charge in [-0.2, -0.15) is 0 Å². The zero-order chi connectivity index (χ0) is 39.2. The highest BCUT2D eigenvalue weighted by molar-refractivity contribution is 8.76. The number of aryl methyl sites for hydroxylation is 2. The van der Waals surface area contributed by atoms with Crippen LogP contribution in [0.2, 0.25) is 0 Å². The summed E-state index contributed by atoms with van der Waals surface area (Å²) in [5.74, 6) is 1.99. The predicted molar refractivity (Wildman–Crippen MR) is 224 cm³/mol. The number of nitrogens with zero attached hydrogens (tertiary/aromatic N) is 2. The number of carbonyl (C=O) groups is 2. The Morgan fingerprint density at radius 3 is 1.55 bits per heavy atom. The molecule has 2 amide bonds. The molecule has 302 valence electrons. The number of allylic oxidation sites excluding steroid dienone is 2. The van der Waals surface area contributed by atoms with Crippen LogP contribution in [0.3, 0.4) is 0 Å². The average molecular weight is 803 g/mol. The minimum absolute atomic E-state index is 0.0255. The van der Waals surface area contributed by atoms with E-state index in [9.17, 15) is 30.0 Å². The number of benzene rings is 2. The fourth-order valence-corrected chi connectivity index (χ4v) is 13.5. The monoisotopic (exact) mass is 802 g/mol. The molecule has 4 aliphatic carbocycles. The molecule has 0 aromatic heterocycles. The third kappa shape index (κ3) is 7.00. The third-order valence-corrected chi connectivity index (χ3v) is 16.8. The van der Waals surface area contributed by atoms with Crippen LogP contribution in [0, 0.1) is 11.8 Å². The Morgan fingerprint density at radius 2 is 1.12 bits per heavy atom. The van der Waals surface area contributed by atoms with E-state index in [1.807, 2.05) is 0 Å². The largest absolute Gasteiger partial charge is 0.504 e. The molecule has 10 nitrogen and oxygen atoms in total. The number of hydrogen-bond acceptors (Lipinski definition) is 10. The summed E-state index contributed by atoms with van der Waals surface area (Å²) < 4.78 is 0. The van der Waals surface area contributed by atoms with Crippen molar-refractivity contribution in [3.63, 3.8) is 0 Å². The van der Waals surface area contributed by atoms with Crippen molar-refractivity contribution < 1.29 is 30.0 Å². The van der Waals surface area contributed by atoms with Crippen molar-refractivity contribution >= 4 is 33.4 Å². The van der Waals surface area contributed by atoms with Crippen LogP contribution in [0.5, 0.6) is 23.0 Å². The summed E-state index contributed by atoms with van der Waals surface area (Å²) in [4.78, 5) is 30.7. The third-order valence-electron chi connectivity index (χ3n) is 14.4. The number of aromatic hydroxyl groups is 4. The molecule has 2 heterocycles. The van der Waals surface area contributed by atoms with Gasteiger partial charge in [0, 0.05) is 83.3 Å². The summed E-state index contributed by atoms with van der Waals surface area (Å²) in [6.07, 6.45) is 18.3. The van der Waals surface area contributed by atoms with E-state index in [-0.39, 0.29) is 45.6 Å². The van der Waals surface area contributed by atoms with Gasteiger partial charge in [0.15, 0.2) is 23.0 Å². The molecule has 6 N–H and O–H groups in total. The molecule has 2 aromatic carbocycles. The molecule has 0 radical (unpaired) electrons. The van der Waals surface area contributed by atoms with Crippen molar-refractivity contribution in [2.45, 2.75) is 100.0 Å². The molecule has 4 bridgehead atoms. The van der Waals surface area contributed by atoms with E-state index in [0.717, 1.165) is 109 Å². The lowest BCUT2D eigenvalue weighted by Crippen LogP contribution is -2.59. The van der Waals surface area contributed by atoms with E-state index in [2.05, 4.69) is 58.8 Å². The number of likely N-dealkylation sites (N-methyl/N-ethyl adjacent to an activating group) is 2. The van der Waals surface area contributed by atoms with Crippen molar-refractivity contribution in [2.24, 2.45) is 11.8 Å². The number of fused-ring (bicyclic) bond motifs is 2. The van der Waals surface area contributed by atoms with Gasteiger partial charge in [-0.05, 0) is 126 Å². The number of rotatable bonds is 13. The quantitative estimate of drug-likeness (QED) is 0.0654. The summed E-state index contributed by atoms with van der Waals surface area (Å²) >= 11 is 0. The smallest absolute Gasteiger partial charge is 0.220 e. The second-order valence-corrected chi connectivity index (χ2v) is 19.9. The lowest BCUT2D eigenvalue weighted by Gasteiger charge is -2.57. The second-order valence-electron chi connectivity index (χ2n) is 17.2. The number of carbonyl (C=O) groups excluding carboxylic acids is 2. The van der Waals surface area contributed by atoms with Crippen LogP contribution in [0.25, 0.3) is 0 Å². The number of piperidine rings is 2. The molecule has 56 heavy (non-hydrogen) atoms. The molecule has 5 unspecified atom stereocenters. The topological polar surface area (TPSA) is 146 Å². The summed E-state index contributed by atoms with van der Waals surface area (Å²) in [7, 11) is 7.71. The fraction of sp³-hybridized carbons (Fsp3) is 0.591. The molecule has 2 fully saturated rings. The maximum absolute atomic E-state index is 12.9. The lowest BCUT2D eigenvalue weighted by molar-refractivity contribution is -0.121. The van der Waals surface area contributed by atoms with Crippen molar-refractivity contribution in [1.29, 1.82) is 0 Å². The van der Waals surface area contributed by atoms with Crippen LogP contribution >= 0.6 is 21.6 Å². The Hall–Kier alpha value is -3.32. The summed E-state index contributed by atoms with van der Waals surface area (Å²) in [5, 5.41) is 50.1. The van der Waals surface area contributed by atoms with Crippen LogP contribution in [0.4, 0.5) is 0 Å². The molecule has 2 aliphatic heterocycles. The van der Waals surface area contributed by atoms with Gasteiger partial charge in [0.2, 0.25) is 11.8 Å². The van der Waals surface area contributed by atoms with Crippen molar-refractivity contribution in [2.75, 3.05) is 51.8 Å². The molecule has 12 heteroatoms. The number of amides is 2. The standard InChI is InChI=1S/C44H58N4O6S2/c1-47-19-15-43-13-5-3-7-31(43)33(47)25-29-27(23-35(49)41(53)39(29)43)9-11-37(51)45-17-21-55-56-22-18-46-38(52)12-10-28-24-36(50)42(54)40-30(28)26-34-32-8-4-6-14-44(32,40)16-20-48(34)2/h3-4,7-8,23-24,31-34,49-50,53-54H,5-6,9-22,25-26H2,1-2H3,(H,45,51)(H,46,52)/t31?,32?,33?,34?,43-,44?/m1/s1. The summed E-state index contributed by atoms with van der Waals surface area (Å²) in [6, 6.07) is 4.05. The van der Waals surface area contributed by atoms with Crippen LogP contribution in [-0.2, 0) is 46.1 Å². The van der Waals surface area contributed by atoms with Gasteiger partial charge in [-0.25, -0.2) is 0 Å². The van der Waals surface area contributed by atoms with Crippen molar-refractivity contribution in [3.05, 3.63) is 69.8 Å². The normalized spacial score (nSPS) is 28.8. The highest BCUT2D eigenvalue weighted by Crippen LogP contribution is 2.59.